The fourth-order valence-electron chi connectivity index (χ4n) is 6.96. The number of phenolic OH excluding ortho intramolecular Hbond substituents is 2. The molecular formula is C44H44N4O2. The number of anilines is 2. The van der Waals surface area contributed by atoms with E-state index in [-0.39, 0.29) is 5.75 Å². The van der Waals surface area contributed by atoms with Crippen molar-refractivity contribution in [2.75, 3.05) is 31.5 Å². The van der Waals surface area contributed by atoms with Crippen LogP contribution in [0.1, 0.15) is 25.0 Å². The summed E-state index contributed by atoms with van der Waals surface area (Å²) in [6, 6.07) is 47.2. The molecule has 6 heteroatoms. The molecule has 50 heavy (non-hydrogen) atoms. The highest BCUT2D eigenvalue weighted by atomic mass is 16.3. The summed E-state index contributed by atoms with van der Waals surface area (Å²) < 4.78 is 2.17. The lowest BCUT2D eigenvalue weighted by molar-refractivity contribution is 0.202. The van der Waals surface area contributed by atoms with E-state index in [2.05, 4.69) is 100 Å². The summed E-state index contributed by atoms with van der Waals surface area (Å²) in [5, 5.41) is 28.9. The Hall–Kier alpha value is -5.56. The average Bonchev–Trinajstić information content (AvgIpc) is 3.49. The topological polar surface area (TPSA) is 63.9 Å². The van der Waals surface area contributed by atoms with Crippen LogP contribution >= 0.6 is 0 Å². The van der Waals surface area contributed by atoms with E-state index < -0.39 is 0 Å². The minimum Gasteiger partial charge on any atom is -0.505 e. The zero-order chi connectivity index (χ0) is 34.5. The largest absolute Gasteiger partial charge is 0.505 e. The van der Waals surface area contributed by atoms with Crippen LogP contribution in [0.5, 0.6) is 11.5 Å². The van der Waals surface area contributed by atoms with Gasteiger partial charge < -0.3 is 20.1 Å². The number of hydrogen-bond donors (Lipinski definition) is 3. The number of hydrogen-bond acceptors (Lipinski definition) is 5. The molecule has 0 saturated carbocycles. The molecule has 1 heterocycles. The zero-order valence-electron chi connectivity index (χ0n) is 28.8. The predicted octanol–water partition coefficient (Wildman–Crippen LogP) is 9.95. The minimum atomic E-state index is 0.271. The first kappa shape index (κ1) is 33.0. The van der Waals surface area contributed by atoms with Crippen LogP contribution in [0.15, 0.2) is 140 Å². The summed E-state index contributed by atoms with van der Waals surface area (Å²) in [5.41, 5.74) is 8.58. The van der Waals surface area contributed by atoms with Gasteiger partial charge in [0.05, 0.1) is 22.4 Å². The molecule has 3 N–H and O–H groups in total. The Bertz CT molecular complexity index is 2170. The van der Waals surface area contributed by atoms with Crippen LogP contribution in [-0.4, -0.2) is 50.8 Å². The maximum absolute atomic E-state index is 11.7. The van der Waals surface area contributed by atoms with Crippen molar-refractivity contribution >= 4 is 33.2 Å². The third-order valence-corrected chi connectivity index (χ3v) is 9.73. The normalized spacial score (nSPS) is 11.6. The molecule has 6 aromatic carbocycles. The van der Waals surface area contributed by atoms with Crippen molar-refractivity contribution in [2.45, 2.75) is 26.9 Å². The third kappa shape index (κ3) is 6.68. The number of nitrogens with one attached hydrogen (secondary N) is 1. The fraction of sp³-hybridized carbons (Fsp3) is 0.182. The lowest BCUT2D eigenvalue weighted by Gasteiger charge is -2.27. The van der Waals surface area contributed by atoms with E-state index in [0.717, 1.165) is 70.8 Å². The van der Waals surface area contributed by atoms with Gasteiger partial charge in [0.1, 0.15) is 11.5 Å². The Balaban J connectivity index is 1.06. The zero-order valence-corrected chi connectivity index (χ0v) is 28.8. The molecule has 0 aliphatic rings. The monoisotopic (exact) mass is 660 g/mol. The van der Waals surface area contributed by atoms with Gasteiger partial charge in [0.2, 0.25) is 0 Å². The first-order chi connectivity index (χ1) is 24.6. The summed E-state index contributed by atoms with van der Waals surface area (Å²) in [5.74, 6) is 0.584. The van der Waals surface area contributed by atoms with Gasteiger partial charge in [0.25, 0.3) is 0 Å². The van der Waals surface area contributed by atoms with Gasteiger partial charge >= 0.3 is 0 Å². The van der Waals surface area contributed by atoms with Crippen LogP contribution in [0.2, 0.25) is 0 Å². The number of para-hydroxylation sites is 5. The highest BCUT2D eigenvalue weighted by molar-refractivity contribution is 6.09. The first-order valence-corrected chi connectivity index (χ1v) is 17.5. The van der Waals surface area contributed by atoms with E-state index in [1.165, 1.54) is 10.8 Å². The Morgan fingerprint density at radius 1 is 0.520 bits per heavy atom. The Morgan fingerprint density at radius 2 is 1.04 bits per heavy atom. The second-order valence-electron chi connectivity index (χ2n) is 12.7. The lowest BCUT2D eigenvalue weighted by Crippen LogP contribution is -2.34. The molecule has 252 valence electrons. The molecule has 0 unspecified atom stereocenters. The van der Waals surface area contributed by atoms with Crippen LogP contribution in [0.3, 0.4) is 0 Å². The molecule has 0 radical (unpaired) electrons. The van der Waals surface area contributed by atoms with Crippen LogP contribution in [0.25, 0.3) is 38.6 Å². The Labute approximate surface area is 294 Å². The quantitative estimate of drug-likeness (QED) is 0.108. The van der Waals surface area contributed by atoms with Gasteiger partial charge in [-0.3, -0.25) is 9.80 Å². The van der Waals surface area contributed by atoms with E-state index in [9.17, 15) is 10.2 Å². The second-order valence-corrected chi connectivity index (χ2v) is 12.7. The molecule has 0 fully saturated rings. The molecule has 6 nitrogen and oxygen atoms in total. The van der Waals surface area contributed by atoms with Crippen molar-refractivity contribution in [3.05, 3.63) is 151 Å². The van der Waals surface area contributed by atoms with Gasteiger partial charge in [0.15, 0.2) is 0 Å². The van der Waals surface area contributed by atoms with Gasteiger partial charge in [-0.1, -0.05) is 123 Å². The lowest BCUT2D eigenvalue weighted by atomic mass is 10.0. The van der Waals surface area contributed by atoms with Crippen molar-refractivity contribution in [3.63, 3.8) is 0 Å². The van der Waals surface area contributed by atoms with E-state index in [0.29, 0.717) is 24.5 Å². The highest BCUT2D eigenvalue weighted by Crippen LogP contribution is 2.37. The van der Waals surface area contributed by atoms with Crippen molar-refractivity contribution in [1.82, 2.24) is 14.4 Å². The second kappa shape index (κ2) is 14.9. The molecule has 1 aromatic heterocycles. The fourth-order valence-corrected chi connectivity index (χ4v) is 6.96. The molecule has 7 rings (SSSR count). The summed E-state index contributed by atoms with van der Waals surface area (Å²) >= 11 is 0. The van der Waals surface area contributed by atoms with E-state index in [1.54, 1.807) is 0 Å². The first-order valence-electron chi connectivity index (χ1n) is 17.5. The number of phenols is 2. The maximum atomic E-state index is 11.7. The summed E-state index contributed by atoms with van der Waals surface area (Å²) in [7, 11) is 0. The number of aromatic hydroxyl groups is 2. The van der Waals surface area contributed by atoms with E-state index in [4.69, 9.17) is 0 Å². The molecule has 0 aliphatic carbocycles. The number of likely N-dealkylation sites (N-methyl/N-ethyl adjacent to an activating group) is 2. The SMILES string of the molecule is CCN(CCN(CC)Cc1cccc(-n2c3ccccc3c3ccccc32)c1O)Cc1cccc(Nc2ccccc2-c2ccccc2)c1O. The molecule has 7 aromatic rings. The minimum absolute atomic E-state index is 0.271. The van der Waals surface area contributed by atoms with Crippen LogP contribution in [0.4, 0.5) is 11.4 Å². The standard InChI is InChI=1S/C44H44N4O2/c1-3-46(30-33-18-14-24-39(43(33)49)45-38-23-11-8-20-35(38)32-16-6-5-7-17-32)28-29-47(4-2)31-34-19-15-27-42(44(34)50)48-40-25-12-9-21-36(40)37-22-10-13-26-41(37)48/h5-27,45,49-50H,3-4,28-31H2,1-2H3. The smallest absolute Gasteiger partial charge is 0.144 e. The number of fused-ring (bicyclic) bond motifs is 3. The van der Waals surface area contributed by atoms with Gasteiger partial charge in [0, 0.05) is 59.3 Å². The van der Waals surface area contributed by atoms with Crippen molar-refractivity contribution in [2.24, 2.45) is 0 Å². The van der Waals surface area contributed by atoms with Crippen molar-refractivity contribution in [3.8, 4) is 28.3 Å². The number of benzene rings is 6. The summed E-state index contributed by atoms with van der Waals surface area (Å²) in [4.78, 5) is 4.72. The Kier molecular flexibility index (Phi) is 9.83. The summed E-state index contributed by atoms with van der Waals surface area (Å²) in [6.07, 6.45) is 0. The van der Waals surface area contributed by atoms with Gasteiger partial charge in [-0.15, -0.1) is 0 Å². The van der Waals surface area contributed by atoms with Gasteiger partial charge in [-0.05, 0) is 49.0 Å². The molecule has 0 bridgehead atoms. The molecule has 0 spiro atoms. The number of rotatable bonds is 13. The van der Waals surface area contributed by atoms with E-state index >= 15 is 0 Å². The molecule has 0 amide bonds. The molecular weight excluding hydrogens is 617 g/mol. The van der Waals surface area contributed by atoms with Crippen LogP contribution in [0, 0.1) is 0 Å². The highest BCUT2D eigenvalue weighted by Gasteiger charge is 2.18. The number of aromatic nitrogens is 1. The van der Waals surface area contributed by atoms with E-state index in [1.807, 2.05) is 72.8 Å². The number of nitrogens with zero attached hydrogens (tertiary/aromatic N) is 3. The van der Waals surface area contributed by atoms with Crippen LogP contribution < -0.4 is 5.32 Å². The summed E-state index contributed by atoms with van der Waals surface area (Å²) in [6.45, 7) is 8.94. The molecule has 0 aliphatic heterocycles. The van der Waals surface area contributed by atoms with Gasteiger partial charge in [-0.25, -0.2) is 0 Å². The van der Waals surface area contributed by atoms with Crippen molar-refractivity contribution in [1.29, 1.82) is 0 Å². The third-order valence-electron chi connectivity index (χ3n) is 9.73. The van der Waals surface area contributed by atoms with Crippen LogP contribution in [-0.2, 0) is 13.1 Å². The molecule has 0 saturated heterocycles. The maximum Gasteiger partial charge on any atom is 0.144 e. The van der Waals surface area contributed by atoms with Crippen molar-refractivity contribution < 1.29 is 10.2 Å². The predicted molar refractivity (Wildman–Crippen MR) is 208 cm³/mol. The average molecular weight is 661 g/mol. The van der Waals surface area contributed by atoms with Gasteiger partial charge in [-0.2, -0.15) is 0 Å². The molecule has 0 atom stereocenters. The Morgan fingerprint density at radius 3 is 1.68 bits per heavy atom.